The van der Waals surface area contributed by atoms with Crippen molar-refractivity contribution in [1.29, 1.82) is 5.26 Å². The Balaban J connectivity index is 1.43. The smallest absolute Gasteiger partial charge is 0.356 e. The maximum absolute atomic E-state index is 12.8. The minimum atomic E-state index is -0.616. The van der Waals surface area contributed by atoms with E-state index in [-0.39, 0.29) is 11.4 Å². The van der Waals surface area contributed by atoms with Crippen LogP contribution in [0.3, 0.4) is 0 Å². The van der Waals surface area contributed by atoms with Gasteiger partial charge in [0.1, 0.15) is 0 Å². The zero-order valence-corrected chi connectivity index (χ0v) is 25.1. The summed E-state index contributed by atoms with van der Waals surface area (Å²) in [6, 6.07) is 17.8. The lowest BCUT2D eigenvalue weighted by atomic mass is 9.89. The highest BCUT2D eigenvalue weighted by Crippen LogP contribution is 2.33. The van der Waals surface area contributed by atoms with E-state index >= 15 is 0 Å². The van der Waals surface area contributed by atoms with E-state index in [1.165, 1.54) is 24.7 Å². The summed E-state index contributed by atoms with van der Waals surface area (Å²) in [7, 11) is 2.57. The third kappa shape index (κ3) is 7.72. The number of anilines is 2. The number of nitriles is 1. The van der Waals surface area contributed by atoms with Crippen molar-refractivity contribution in [2.24, 2.45) is 4.99 Å². The van der Waals surface area contributed by atoms with Gasteiger partial charge in [0, 0.05) is 29.3 Å². The maximum Gasteiger partial charge on any atom is 0.356 e. The number of hydrogen-bond acceptors (Lipinski definition) is 9. The number of hydrogen-bond donors (Lipinski definition) is 3. The monoisotopic (exact) mass is 585 g/mol. The molecule has 2 aliphatic rings. The highest BCUT2D eigenvalue weighted by atomic mass is 16.5. The SMILES string of the molecule is COC(=O)C1=C(C)NC(C)=C(C(=O)OC)N1c1cccc(NC(=NCCCN2CCC(c3ccccc3)CC2)NC#N)c1. The van der Waals surface area contributed by atoms with Crippen LogP contribution >= 0.6 is 0 Å². The van der Waals surface area contributed by atoms with Crippen LogP contribution in [0.5, 0.6) is 0 Å². The number of guanidine groups is 1. The second kappa shape index (κ2) is 14.9. The fourth-order valence-corrected chi connectivity index (χ4v) is 5.51. The van der Waals surface area contributed by atoms with Crippen LogP contribution in [0.25, 0.3) is 0 Å². The predicted molar refractivity (Wildman–Crippen MR) is 166 cm³/mol. The van der Waals surface area contributed by atoms with Gasteiger partial charge in [0.2, 0.25) is 5.96 Å². The Kier molecular flexibility index (Phi) is 10.8. The molecule has 3 N–H and O–H groups in total. The molecule has 11 heteroatoms. The Morgan fingerprint density at radius 2 is 1.65 bits per heavy atom. The van der Waals surface area contributed by atoms with Gasteiger partial charge in [-0.1, -0.05) is 36.4 Å². The van der Waals surface area contributed by atoms with Crippen molar-refractivity contribution in [2.45, 2.75) is 39.0 Å². The van der Waals surface area contributed by atoms with Crippen molar-refractivity contribution in [1.82, 2.24) is 15.5 Å². The molecule has 0 radical (unpaired) electrons. The molecule has 4 rings (SSSR count). The summed E-state index contributed by atoms with van der Waals surface area (Å²) < 4.78 is 10.0. The fourth-order valence-electron chi connectivity index (χ4n) is 5.51. The van der Waals surface area contributed by atoms with Gasteiger partial charge >= 0.3 is 11.9 Å². The van der Waals surface area contributed by atoms with E-state index < -0.39 is 11.9 Å². The largest absolute Gasteiger partial charge is 0.464 e. The Hall–Kier alpha value is -4.82. The molecule has 2 heterocycles. The highest BCUT2D eigenvalue weighted by molar-refractivity contribution is 6.03. The number of allylic oxidation sites excluding steroid dienone is 2. The van der Waals surface area contributed by atoms with Crippen LogP contribution in [0.15, 0.2) is 82.4 Å². The van der Waals surface area contributed by atoms with Crippen molar-refractivity contribution < 1.29 is 19.1 Å². The Morgan fingerprint density at radius 1 is 1.00 bits per heavy atom. The summed E-state index contributed by atoms with van der Waals surface area (Å²) in [5, 5.41) is 18.2. The van der Waals surface area contributed by atoms with Crippen LogP contribution in [-0.2, 0) is 19.1 Å². The van der Waals surface area contributed by atoms with Gasteiger partial charge in [-0.2, -0.15) is 5.26 Å². The van der Waals surface area contributed by atoms with E-state index in [2.05, 4.69) is 56.2 Å². The molecule has 43 heavy (non-hydrogen) atoms. The van der Waals surface area contributed by atoms with Gasteiger partial charge in [-0.3, -0.25) is 15.2 Å². The summed E-state index contributed by atoms with van der Waals surface area (Å²) in [4.78, 5) is 34.2. The maximum atomic E-state index is 12.8. The number of nitrogens with one attached hydrogen (secondary N) is 3. The van der Waals surface area contributed by atoms with Crippen LogP contribution in [0.2, 0.25) is 0 Å². The molecule has 11 nitrogen and oxygen atoms in total. The number of benzene rings is 2. The number of ether oxygens (including phenoxy) is 2. The lowest BCUT2D eigenvalue weighted by Crippen LogP contribution is -2.40. The molecule has 1 fully saturated rings. The van der Waals surface area contributed by atoms with E-state index in [1.807, 2.05) is 6.19 Å². The molecule has 2 aliphatic heterocycles. The van der Waals surface area contributed by atoms with Crippen molar-refractivity contribution in [2.75, 3.05) is 50.6 Å². The average molecular weight is 586 g/mol. The average Bonchev–Trinajstić information content (AvgIpc) is 3.03. The van der Waals surface area contributed by atoms with Gasteiger partial charge < -0.3 is 25.0 Å². The molecular formula is C32H39N7O4. The van der Waals surface area contributed by atoms with Crippen molar-refractivity contribution in [3.63, 3.8) is 0 Å². The first-order valence-corrected chi connectivity index (χ1v) is 14.4. The quantitative estimate of drug-likeness (QED) is 0.0991. The van der Waals surface area contributed by atoms with E-state index in [0.29, 0.717) is 41.2 Å². The third-order valence-corrected chi connectivity index (χ3v) is 7.59. The summed E-state index contributed by atoms with van der Waals surface area (Å²) in [5.41, 5.74) is 3.89. The van der Waals surface area contributed by atoms with Crippen LogP contribution < -0.4 is 20.9 Å². The molecule has 2 aromatic rings. The highest BCUT2D eigenvalue weighted by Gasteiger charge is 2.35. The summed E-state index contributed by atoms with van der Waals surface area (Å²) in [6.45, 7) is 7.06. The lowest BCUT2D eigenvalue weighted by molar-refractivity contribution is -0.136. The van der Waals surface area contributed by atoms with Crippen LogP contribution in [0.1, 0.15) is 44.6 Å². The summed E-state index contributed by atoms with van der Waals surface area (Å²) in [6.07, 6.45) is 5.10. The minimum Gasteiger partial charge on any atom is -0.464 e. The zero-order chi connectivity index (χ0) is 30.8. The van der Waals surface area contributed by atoms with Gasteiger partial charge in [-0.25, -0.2) is 9.59 Å². The molecule has 1 saturated heterocycles. The van der Waals surface area contributed by atoms with E-state index in [1.54, 1.807) is 38.1 Å². The summed E-state index contributed by atoms with van der Waals surface area (Å²) >= 11 is 0. The van der Waals surface area contributed by atoms with E-state index in [9.17, 15) is 14.9 Å². The first kappa shape index (κ1) is 31.1. The minimum absolute atomic E-state index is 0.155. The number of nitrogens with zero attached hydrogens (tertiary/aromatic N) is 4. The van der Waals surface area contributed by atoms with Crippen molar-refractivity contribution >= 4 is 29.3 Å². The second-order valence-electron chi connectivity index (χ2n) is 10.4. The number of piperidine rings is 1. The fraction of sp³-hybridized carbons (Fsp3) is 0.375. The molecule has 226 valence electrons. The zero-order valence-electron chi connectivity index (χ0n) is 25.1. The van der Waals surface area contributed by atoms with Gasteiger partial charge in [0.25, 0.3) is 0 Å². The van der Waals surface area contributed by atoms with Gasteiger partial charge in [0.05, 0.1) is 14.2 Å². The standard InChI is InChI=1S/C32H39N7O4/c1-22-28(30(40)42-3)39(29(23(2)36-22)31(41)43-4)27-13-8-12-26(20-27)37-32(35-21-33)34-16-9-17-38-18-14-25(15-19-38)24-10-6-5-7-11-24/h5-8,10-13,20,25,36H,9,14-19H2,1-4H3,(H2,34,35,37). The van der Waals surface area contributed by atoms with Crippen LogP contribution in [-0.4, -0.2) is 63.2 Å². The number of carbonyl (C=O) groups excluding carboxylic acids is 2. The molecule has 0 saturated carbocycles. The Morgan fingerprint density at radius 3 is 2.26 bits per heavy atom. The molecule has 0 unspecified atom stereocenters. The number of methoxy groups -OCH3 is 2. The molecule has 0 aromatic heterocycles. The first-order chi connectivity index (χ1) is 20.9. The van der Waals surface area contributed by atoms with Gasteiger partial charge in [-0.15, -0.1) is 0 Å². The lowest BCUT2D eigenvalue weighted by Gasteiger charge is -2.34. The van der Waals surface area contributed by atoms with E-state index in [0.717, 1.165) is 38.9 Å². The number of esters is 2. The Bertz CT molecular complexity index is 1400. The van der Waals surface area contributed by atoms with Crippen LogP contribution in [0.4, 0.5) is 11.4 Å². The number of carbonyl (C=O) groups is 2. The number of aliphatic imine (C=N–C) groups is 1. The van der Waals surface area contributed by atoms with E-state index in [4.69, 9.17) is 9.47 Å². The van der Waals surface area contributed by atoms with Gasteiger partial charge in [0.15, 0.2) is 17.6 Å². The van der Waals surface area contributed by atoms with Crippen molar-refractivity contribution in [3.8, 4) is 6.19 Å². The molecule has 0 aliphatic carbocycles. The predicted octanol–water partition coefficient (Wildman–Crippen LogP) is 4.01. The van der Waals surface area contributed by atoms with Crippen LogP contribution in [0, 0.1) is 11.5 Å². The molecule has 0 spiro atoms. The molecule has 0 amide bonds. The third-order valence-electron chi connectivity index (χ3n) is 7.59. The topological polar surface area (TPSA) is 131 Å². The summed E-state index contributed by atoms with van der Waals surface area (Å²) in [5.74, 6) is -0.304. The number of likely N-dealkylation sites (tertiary alicyclic amines) is 1. The molecule has 0 atom stereocenters. The molecular weight excluding hydrogens is 546 g/mol. The molecule has 2 aromatic carbocycles. The number of rotatable bonds is 9. The van der Waals surface area contributed by atoms with Crippen molar-refractivity contribution in [3.05, 3.63) is 82.9 Å². The molecule has 0 bridgehead atoms. The Labute approximate surface area is 252 Å². The first-order valence-electron chi connectivity index (χ1n) is 14.4. The second-order valence-corrected chi connectivity index (χ2v) is 10.4. The van der Waals surface area contributed by atoms with Gasteiger partial charge in [-0.05, 0) is 82.4 Å². The normalized spacial score (nSPS) is 16.3.